The van der Waals surface area contributed by atoms with E-state index in [1.807, 2.05) is 43.3 Å². The molecule has 2 aromatic heterocycles. The number of benzene rings is 3. The van der Waals surface area contributed by atoms with Gasteiger partial charge in [-0.05, 0) is 53.9 Å². The zero-order valence-corrected chi connectivity index (χ0v) is 21.7. The fourth-order valence-corrected chi connectivity index (χ4v) is 4.97. The highest BCUT2D eigenvalue weighted by molar-refractivity contribution is 5.86. The van der Waals surface area contributed by atoms with Crippen LogP contribution >= 0.6 is 0 Å². The number of pyridine rings is 1. The molecule has 0 aliphatic heterocycles. The second-order valence-electron chi connectivity index (χ2n) is 9.39. The smallest absolute Gasteiger partial charge is 0.220 e. The van der Waals surface area contributed by atoms with Crippen LogP contribution in [0.5, 0.6) is 5.75 Å². The van der Waals surface area contributed by atoms with Gasteiger partial charge < -0.3 is 14.6 Å². The molecule has 5 heteroatoms. The van der Waals surface area contributed by atoms with Crippen molar-refractivity contribution in [1.29, 1.82) is 0 Å². The summed E-state index contributed by atoms with van der Waals surface area (Å²) in [5.41, 5.74) is 5.62. The van der Waals surface area contributed by atoms with E-state index >= 15 is 0 Å². The van der Waals surface area contributed by atoms with Gasteiger partial charge in [0, 0.05) is 60.8 Å². The summed E-state index contributed by atoms with van der Waals surface area (Å²) >= 11 is 0. The van der Waals surface area contributed by atoms with Crippen molar-refractivity contribution >= 4 is 16.8 Å². The zero-order chi connectivity index (χ0) is 26.2. The summed E-state index contributed by atoms with van der Waals surface area (Å²) in [6.07, 6.45) is 5.07. The molecule has 5 rings (SSSR count). The topological polar surface area (TPSA) is 56.1 Å². The van der Waals surface area contributed by atoms with Crippen LogP contribution in [0.15, 0.2) is 109 Å². The number of carbonyl (C=O) groups is 1. The van der Waals surface area contributed by atoms with Gasteiger partial charge in [-0.2, -0.15) is 0 Å². The lowest BCUT2D eigenvalue weighted by molar-refractivity contribution is -0.121. The number of rotatable bonds is 11. The molecule has 0 aliphatic rings. The maximum absolute atomic E-state index is 13.2. The van der Waals surface area contributed by atoms with Crippen LogP contribution in [0.1, 0.15) is 41.6 Å². The second kappa shape index (κ2) is 12.2. The Hall–Kier alpha value is -4.38. The average Bonchev–Trinajstić information content (AvgIpc) is 3.31. The van der Waals surface area contributed by atoms with E-state index in [4.69, 9.17) is 4.74 Å². The van der Waals surface area contributed by atoms with E-state index in [9.17, 15) is 4.79 Å². The van der Waals surface area contributed by atoms with Crippen molar-refractivity contribution in [1.82, 2.24) is 14.9 Å². The molecule has 1 N–H and O–H groups in total. The number of hydrogen-bond donors (Lipinski definition) is 1. The molecule has 0 unspecified atom stereocenters. The Bertz CT molecular complexity index is 1460. The SMILES string of the molecule is CCOc1ccc([C@H](CC(=O)NCCc2ccccn2)c2cn(Cc3ccccc3)c3ccccc23)cc1. The number of para-hydroxylation sites is 1. The predicted octanol–water partition coefficient (Wildman–Crippen LogP) is 6.36. The summed E-state index contributed by atoms with van der Waals surface area (Å²) in [6, 6.07) is 32.9. The van der Waals surface area contributed by atoms with Crippen LogP contribution in [0.2, 0.25) is 0 Å². The maximum Gasteiger partial charge on any atom is 0.220 e. The van der Waals surface area contributed by atoms with Crippen LogP contribution in [0.25, 0.3) is 10.9 Å². The fourth-order valence-electron chi connectivity index (χ4n) is 4.97. The molecule has 0 saturated heterocycles. The molecule has 0 aliphatic carbocycles. The molecule has 192 valence electrons. The van der Waals surface area contributed by atoms with Gasteiger partial charge in [-0.15, -0.1) is 0 Å². The van der Waals surface area contributed by atoms with Crippen molar-refractivity contribution < 1.29 is 9.53 Å². The Morgan fingerprint density at radius 2 is 1.68 bits per heavy atom. The van der Waals surface area contributed by atoms with Gasteiger partial charge in [-0.25, -0.2) is 0 Å². The molecule has 2 heterocycles. The first-order valence-corrected chi connectivity index (χ1v) is 13.2. The fraction of sp³-hybridized carbons (Fsp3) is 0.212. The molecule has 0 bridgehead atoms. The number of ether oxygens (including phenoxy) is 1. The molecule has 1 amide bonds. The lowest BCUT2D eigenvalue weighted by atomic mass is 9.88. The Balaban J connectivity index is 1.44. The number of amides is 1. The van der Waals surface area contributed by atoms with Gasteiger partial charge in [0.1, 0.15) is 5.75 Å². The number of aromatic nitrogens is 2. The first-order valence-electron chi connectivity index (χ1n) is 13.2. The number of nitrogens with one attached hydrogen (secondary N) is 1. The summed E-state index contributed by atoms with van der Waals surface area (Å²) in [5, 5.41) is 4.29. The average molecular weight is 504 g/mol. The predicted molar refractivity (Wildman–Crippen MR) is 153 cm³/mol. The van der Waals surface area contributed by atoms with Crippen LogP contribution in [0, 0.1) is 0 Å². The van der Waals surface area contributed by atoms with Gasteiger partial charge in [-0.3, -0.25) is 9.78 Å². The van der Waals surface area contributed by atoms with Crippen molar-refractivity contribution in [2.75, 3.05) is 13.2 Å². The minimum atomic E-state index is -0.0950. The number of carbonyl (C=O) groups excluding carboxylic acids is 1. The van der Waals surface area contributed by atoms with E-state index in [0.717, 1.165) is 34.6 Å². The van der Waals surface area contributed by atoms with Crippen LogP contribution < -0.4 is 10.1 Å². The normalized spacial score (nSPS) is 11.8. The Morgan fingerprint density at radius 3 is 2.45 bits per heavy atom. The highest BCUT2D eigenvalue weighted by atomic mass is 16.5. The van der Waals surface area contributed by atoms with E-state index in [1.165, 1.54) is 10.9 Å². The Morgan fingerprint density at radius 1 is 0.921 bits per heavy atom. The summed E-state index contributed by atoms with van der Waals surface area (Å²) in [5.74, 6) is 0.767. The van der Waals surface area contributed by atoms with Crippen molar-refractivity contribution in [2.45, 2.75) is 32.2 Å². The summed E-state index contributed by atoms with van der Waals surface area (Å²) < 4.78 is 7.97. The zero-order valence-electron chi connectivity index (χ0n) is 21.7. The van der Waals surface area contributed by atoms with Crippen molar-refractivity contribution in [2.24, 2.45) is 0 Å². The molecule has 38 heavy (non-hydrogen) atoms. The van der Waals surface area contributed by atoms with E-state index in [2.05, 4.69) is 81.7 Å². The lowest BCUT2D eigenvalue weighted by Gasteiger charge is -2.18. The lowest BCUT2D eigenvalue weighted by Crippen LogP contribution is -2.27. The van der Waals surface area contributed by atoms with Crippen molar-refractivity contribution in [3.63, 3.8) is 0 Å². The Labute approximate surface area is 224 Å². The quantitative estimate of drug-likeness (QED) is 0.228. The first kappa shape index (κ1) is 25.3. The molecular formula is C33H33N3O2. The maximum atomic E-state index is 13.2. The Kier molecular flexibility index (Phi) is 8.14. The highest BCUT2D eigenvalue weighted by Gasteiger charge is 2.23. The molecule has 5 nitrogen and oxygen atoms in total. The van der Waals surface area contributed by atoms with Crippen molar-refractivity contribution in [3.8, 4) is 5.75 Å². The number of hydrogen-bond acceptors (Lipinski definition) is 3. The van der Waals surface area contributed by atoms with Gasteiger partial charge in [-0.1, -0.05) is 66.7 Å². The second-order valence-corrected chi connectivity index (χ2v) is 9.39. The van der Waals surface area contributed by atoms with Gasteiger partial charge in [0.15, 0.2) is 0 Å². The molecule has 0 spiro atoms. The third-order valence-corrected chi connectivity index (χ3v) is 6.80. The summed E-state index contributed by atoms with van der Waals surface area (Å²) in [4.78, 5) is 17.6. The van der Waals surface area contributed by atoms with Crippen molar-refractivity contribution in [3.05, 3.63) is 132 Å². The number of fused-ring (bicyclic) bond motifs is 1. The van der Waals surface area contributed by atoms with E-state index in [1.54, 1.807) is 6.20 Å². The third kappa shape index (κ3) is 6.12. The molecule has 3 aromatic carbocycles. The first-order chi connectivity index (χ1) is 18.7. The molecular weight excluding hydrogens is 470 g/mol. The minimum Gasteiger partial charge on any atom is -0.494 e. The van der Waals surface area contributed by atoms with Crippen LogP contribution in [0.4, 0.5) is 0 Å². The third-order valence-electron chi connectivity index (χ3n) is 6.80. The molecule has 0 saturated carbocycles. The molecule has 0 radical (unpaired) electrons. The standard InChI is InChI=1S/C33H33N3O2/c1-2-38-28-17-15-26(16-18-28)30(22-33(37)35-21-19-27-12-8-9-20-34-27)31-24-36(23-25-10-4-3-5-11-25)32-14-7-6-13-29(31)32/h3-18,20,24,30H,2,19,21-23H2,1H3,(H,35,37)/t30-/m0/s1. The molecule has 5 aromatic rings. The van der Waals surface area contributed by atoms with Gasteiger partial charge in [0.25, 0.3) is 0 Å². The number of nitrogens with zero attached hydrogens (tertiary/aromatic N) is 2. The van der Waals surface area contributed by atoms with E-state index < -0.39 is 0 Å². The van der Waals surface area contributed by atoms with Crippen LogP contribution in [-0.2, 0) is 17.8 Å². The van der Waals surface area contributed by atoms with Crippen LogP contribution in [0.3, 0.4) is 0 Å². The van der Waals surface area contributed by atoms with Gasteiger partial charge in [0.05, 0.1) is 6.61 Å². The molecule has 0 fully saturated rings. The van der Waals surface area contributed by atoms with E-state index in [0.29, 0.717) is 26.0 Å². The minimum absolute atomic E-state index is 0.0275. The summed E-state index contributed by atoms with van der Waals surface area (Å²) in [7, 11) is 0. The summed E-state index contributed by atoms with van der Waals surface area (Å²) in [6.45, 7) is 3.93. The van der Waals surface area contributed by atoms with Gasteiger partial charge >= 0.3 is 0 Å². The van der Waals surface area contributed by atoms with Gasteiger partial charge in [0.2, 0.25) is 5.91 Å². The largest absolute Gasteiger partial charge is 0.494 e. The van der Waals surface area contributed by atoms with Crippen LogP contribution in [-0.4, -0.2) is 28.6 Å². The molecule has 1 atom stereocenters. The van der Waals surface area contributed by atoms with E-state index in [-0.39, 0.29) is 11.8 Å². The highest BCUT2D eigenvalue weighted by Crippen LogP contribution is 2.35. The monoisotopic (exact) mass is 503 g/mol.